The summed E-state index contributed by atoms with van der Waals surface area (Å²) >= 11 is 2.99. The van der Waals surface area contributed by atoms with Gasteiger partial charge in [-0.1, -0.05) is 27.0 Å². The number of likely N-dealkylation sites (N-methyl/N-ethyl adjacent to an activating group) is 2. The van der Waals surface area contributed by atoms with Crippen molar-refractivity contribution in [2.45, 2.75) is 204 Å². The summed E-state index contributed by atoms with van der Waals surface area (Å²) in [5, 5.41) is 30.0. The maximum absolute atomic E-state index is 15.0. The Morgan fingerprint density at radius 2 is 1.05 bits per heavy atom. The number of fused-ring (bicyclic) bond motifs is 18. The average molecular weight is 1740 g/mol. The van der Waals surface area contributed by atoms with Gasteiger partial charge in [-0.3, -0.25) is 59.0 Å². The SMILES string of the molecule is C.C.COc1cc2c(cc1OC(C)=O)CCN[C@]21CS[C@@H]2C3C(OC(C)=O)C(C)=C4OCOC4C3[C@H](COC1=O)N1C2[C@H]2c3c(cc(C)c(OC)c3OC(C)=O)C[C@@H]([C@@H]1O)N2C.COc1cc2c(cc1OC(C)=O)CCN[C@]21CS[C@@H]2c3c(OC(C)=O)c(C)c4c(c3[C@H](COC1=O)N1C2[C@H]2c3c(cc(C)c(OC)c3OC(C)=O)C[C@@H]([C@@H]1C#N)N2C)OCO4. The molecule has 8 bridgehead atoms. The number of esters is 8. The van der Waals surface area contributed by atoms with Crippen LogP contribution in [-0.2, 0) is 98.8 Å². The number of aliphatic hydroxyl groups is 1. The lowest BCUT2D eigenvalue weighted by Crippen LogP contribution is -2.78. The number of nitrogens with one attached hydrogen (secondary N) is 2. The highest BCUT2D eigenvalue weighted by Crippen LogP contribution is 2.67. The molecule has 0 amide bonds. The number of thioether (sulfide) groups is 2. The second-order valence-corrected chi connectivity index (χ2v) is 35.3. The largest absolute Gasteiger partial charge is 0.493 e. The number of benzene rings is 5. The summed E-state index contributed by atoms with van der Waals surface area (Å²) in [7, 11) is 9.99. The van der Waals surface area contributed by atoms with E-state index in [1.807, 2.05) is 53.9 Å². The van der Waals surface area contributed by atoms with Gasteiger partial charge in [0.1, 0.15) is 49.2 Å². The number of piperidine rings is 1. The molecule has 18 atom stereocenters. The normalized spacial score (nSPS) is 30.1. The zero-order chi connectivity index (χ0) is 85.8. The molecule has 7 fully saturated rings. The smallest absolute Gasteiger partial charge is 0.331 e. The number of nitriles is 1. The first-order valence-electron chi connectivity index (χ1n) is 40.4. The van der Waals surface area contributed by atoms with Crippen molar-refractivity contribution in [2.24, 2.45) is 11.8 Å². The van der Waals surface area contributed by atoms with Gasteiger partial charge in [0.15, 0.2) is 75.4 Å². The molecular weight excluding hydrogens is 1630 g/mol. The van der Waals surface area contributed by atoms with E-state index in [2.05, 4.69) is 36.3 Å². The molecule has 20 rings (SSSR count). The summed E-state index contributed by atoms with van der Waals surface area (Å²) in [5.41, 5.74) is 7.51. The third-order valence-electron chi connectivity index (χ3n) is 26.6. The molecule has 5 aromatic rings. The van der Waals surface area contributed by atoms with E-state index >= 15 is 0 Å². The number of hydrogen-bond donors (Lipinski definition) is 3. The van der Waals surface area contributed by atoms with Gasteiger partial charge >= 0.3 is 47.8 Å². The van der Waals surface area contributed by atoms with Crippen LogP contribution in [0.5, 0.6) is 63.2 Å². The average Bonchev–Trinajstić information content (AvgIpc) is 1.43. The first-order chi connectivity index (χ1) is 57.9. The fourth-order valence-corrected chi connectivity index (χ4v) is 25.6. The Bertz CT molecular complexity index is 5310. The van der Waals surface area contributed by atoms with Gasteiger partial charge in [-0.05, 0) is 136 Å². The maximum Gasteiger partial charge on any atom is 0.331 e. The van der Waals surface area contributed by atoms with E-state index in [4.69, 9.17) is 75.8 Å². The van der Waals surface area contributed by atoms with E-state index in [-0.39, 0.29) is 82.2 Å². The van der Waals surface area contributed by atoms with Gasteiger partial charge < -0.3 is 80.9 Å². The first kappa shape index (κ1) is 88.0. The standard InChI is InChI=1S/C44H46N4O12S.C43H51N3O13S.2CH4/c1-19-11-25-12-27-28(15-45)48-29-16-55-43(52)44(26-14-30(53-7)31(58-21(3)49)13-24(26)9-10-46-44)17-61-42(34-33(29)40-39(56-18-57-40)20(2)38(34)59-22(4)50)36(48)35(47(27)6)32(25)41(37(19)54-8)60-23(5)51;1-18-11-24-12-26-41(50)46-27-15-54-42(51)43(25-14-28(52-7)29(57-20(3)47)13-23(25)9-10-44-43)16-60-40(32-31(27)38-37(55-17-56-38)19(2)36(32)58-21(4)48)34(46)33(45(26)6)30(24)39(35(18)53-8)59-22(5)49;;/h11,13-14,27-29,35-36,42,46H,9-10,12,16-18H2,1-8H3;11,13-14,26-27,31-34,36,38,40-41,44,50H,9-10,12,15-17H2,1-8H3;2*1H4/t27-,28-,29-,35+,36?,42+,44+;26-,27-,31?,32?,33+,34?,36?,38?,40+,41-,43+;;/m00../s1. The number of rotatable bonds is 10. The molecule has 1 aliphatic carbocycles. The third kappa shape index (κ3) is 13.9. The van der Waals surface area contributed by atoms with E-state index in [1.54, 1.807) is 31.4 Å². The van der Waals surface area contributed by atoms with Gasteiger partial charge in [-0.15, -0.1) is 11.8 Å². The molecule has 14 heterocycles. The summed E-state index contributed by atoms with van der Waals surface area (Å²) in [6.45, 7) is 16.0. The Morgan fingerprint density at radius 1 is 0.537 bits per heavy atom. The third-order valence-corrected chi connectivity index (χ3v) is 29.6. The highest BCUT2D eigenvalue weighted by molar-refractivity contribution is 8.00. The molecule has 0 aromatic heterocycles. The molecule has 15 aliphatic rings. The van der Waals surface area contributed by atoms with Crippen LogP contribution in [0.25, 0.3) is 0 Å². The van der Waals surface area contributed by atoms with Gasteiger partial charge in [-0.2, -0.15) is 17.0 Å². The summed E-state index contributed by atoms with van der Waals surface area (Å²) in [5.74, 6) is -0.480. The summed E-state index contributed by atoms with van der Waals surface area (Å²) in [6, 6.07) is 8.60. The van der Waals surface area contributed by atoms with E-state index in [0.717, 1.165) is 50.1 Å². The predicted octanol–water partition coefficient (Wildman–Crippen LogP) is 8.37. The summed E-state index contributed by atoms with van der Waals surface area (Å²) < 4.78 is 96.9. The Labute approximate surface area is 721 Å². The Balaban J connectivity index is 0.000000188. The fraction of sp³-hybridized carbons (Fsp3) is 0.539. The van der Waals surface area contributed by atoms with Gasteiger partial charge in [0, 0.05) is 135 Å². The van der Waals surface area contributed by atoms with Crippen molar-refractivity contribution in [3.05, 3.63) is 120 Å². The number of nitrogens with zero attached hydrogens (tertiary/aromatic N) is 5. The van der Waals surface area contributed by atoms with Crippen LogP contribution >= 0.6 is 23.5 Å². The van der Waals surface area contributed by atoms with Crippen molar-refractivity contribution in [1.29, 1.82) is 5.26 Å². The van der Waals surface area contributed by atoms with Crippen molar-refractivity contribution in [2.75, 3.05) is 93.9 Å². The molecule has 32 nitrogen and oxygen atoms in total. The summed E-state index contributed by atoms with van der Waals surface area (Å²) in [4.78, 5) is 115. The molecule has 34 heteroatoms. The predicted molar refractivity (Wildman–Crippen MR) is 444 cm³/mol. The van der Waals surface area contributed by atoms with Gasteiger partial charge in [0.25, 0.3) is 0 Å². The van der Waals surface area contributed by atoms with Gasteiger partial charge in [0.05, 0.1) is 70.0 Å². The van der Waals surface area contributed by atoms with Crippen molar-refractivity contribution < 1.29 is 119 Å². The number of hydrogen-bond acceptors (Lipinski definition) is 34. The second-order valence-electron chi connectivity index (χ2n) is 33.1. The lowest BCUT2D eigenvalue weighted by molar-refractivity contribution is -0.224. The van der Waals surface area contributed by atoms with Crippen LogP contribution in [0.2, 0.25) is 0 Å². The molecule has 14 aliphatic heterocycles. The molecule has 0 radical (unpaired) electrons. The molecule has 7 saturated heterocycles. The number of piperazine rings is 2. The molecule has 658 valence electrons. The van der Waals surface area contributed by atoms with E-state index in [1.165, 1.54) is 86.4 Å². The number of ether oxygens (including phenoxy) is 16. The number of aryl methyl sites for hydroxylation is 2. The number of carbonyl (C=O) groups excluding carboxylic acids is 8. The molecule has 3 N–H and O–H groups in total. The Kier molecular flexibility index (Phi) is 24.0. The minimum absolute atomic E-state index is 0. The van der Waals surface area contributed by atoms with Gasteiger partial charge in [-0.25, -0.2) is 9.59 Å². The van der Waals surface area contributed by atoms with Crippen LogP contribution in [0.15, 0.2) is 47.7 Å². The molecule has 2 spiro atoms. The quantitative estimate of drug-likeness (QED) is 0.0671. The molecule has 5 aromatic carbocycles. The fourth-order valence-electron chi connectivity index (χ4n) is 22.1. The topological polar surface area (TPSA) is 365 Å². The van der Waals surface area contributed by atoms with Crippen molar-refractivity contribution in [3.8, 4) is 69.3 Å². The second kappa shape index (κ2) is 33.5. The van der Waals surface area contributed by atoms with E-state index in [0.29, 0.717) is 113 Å². The number of methoxy groups -OCH3 is 4. The lowest BCUT2D eigenvalue weighted by atomic mass is 9.62. The first-order valence-corrected chi connectivity index (χ1v) is 42.5. The highest BCUT2D eigenvalue weighted by Gasteiger charge is 2.69. The monoisotopic (exact) mass is 1740 g/mol. The Hall–Kier alpha value is -9.93. The molecule has 6 unspecified atom stereocenters. The highest BCUT2D eigenvalue weighted by atomic mass is 32.2. The van der Waals surface area contributed by atoms with Crippen LogP contribution in [0, 0.1) is 43.9 Å². The zero-order valence-electron chi connectivity index (χ0n) is 70.0. The molecule has 123 heavy (non-hydrogen) atoms. The zero-order valence-corrected chi connectivity index (χ0v) is 71.6. The molecular formula is C89H105N7O25S2. The van der Waals surface area contributed by atoms with Crippen LogP contribution in [0.1, 0.15) is 159 Å². The van der Waals surface area contributed by atoms with Crippen LogP contribution in [0.3, 0.4) is 0 Å². The maximum atomic E-state index is 15.0. The van der Waals surface area contributed by atoms with Crippen molar-refractivity contribution in [3.63, 3.8) is 0 Å². The minimum Gasteiger partial charge on any atom is -0.493 e. The Morgan fingerprint density at radius 3 is 1.58 bits per heavy atom. The van der Waals surface area contributed by atoms with Gasteiger partial charge in [0.2, 0.25) is 6.79 Å². The van der Waals surface area contributed by atoms with Crippen LogP contribution < -0.4 is 62.7 Å². The number of aliphatic hydroxyl groups excluding tert-OH is 1. The molecule has 0 saturated carbocycles. The number of carbonyl (C=O) groups is 8. The minimum atomic E-state index is -1.43. The van der Waals surface area contributed by atoms with Crippen LogP contribution in [0.4, 0.5) is 0 Å². The van der Waals surface area contributed by atoms with Crippen LogP contribution in [-0.4, -0.2) is 226 Å². The lowest BCUT2D eigenvalue weighted by Gasteiger charge is -2.66. The van der Waals surface area contributed by atoms with E-state index < -0.39 is 148 Å². The van der Waals surface area contributed by atoms with Crippen molar-refractivity contribution >= 4 is 71.3 Å². The van der Waals surface area contributed by atoms with E-state index in [9.17, 15) is 48.7 Å². The summed E-state index contributed by atoms with van der Waals surface area (Å²) in [6.07, 6.45) is -0.410. The van der Waals surface area contributed by atoms with Crippen molar-refractivity contribution in [1.82, 2.24) is 30.2 Å².